The van der Waals surface area contributed by atoms with Gasteiger partial charge in [0.05, 0.1) is 5.69 Å². The molecule has 0 saturated carbocycles. The van der Waals surface area contributed by atoms with E-state index >= 15 is 0 Å². The molecule has 0 bridgehead atoms. The van der Waals surface area contributed by atoms with Gasteiger partial charge in [-0.2, -0.15) is 11.8 Å². The molecule has 1 amide bonds. The Labute approximate surface area is 134 Å². The summed E-state index contributed by atoms with van der Waals surface area (Å²) in [6.45, 7) is 7.12. The minimum Gasteiger partial charge on any atom is -0.480 e. The molecule has 0 saturated heterocycles. The predicted molar refractivity (Wildman–Crippen MR) is 85.9 cm³/mol. The van der Waals surface area contributed by atoms with Crippen LogP contribution < -0.4 is 5.32 Å². The van der Waals surface area contributed by atoms with Crippen LogP contribution in [0.5, 0.6) is 0 Å². The van der Waals surface area contributed by atoms with Gasteiger partial charge < -0.3 is 15.2 Å². The molecule has 1 atom stereocenters. The van der Waals surface area contributed by atoms with Crippen LogP contribution in [0.3, 0.4) is 0 Å². The molecule has 0 spiro atoms. The molecule has 122 valence electrons. The summed E-state index contributed by atoms with van der Waals surface area (Å²) in [6.07, 6.45) is 0.978. The van der Waals surface area contributed by atoms with Crippen LogP contribution in [0.2, 0.25) is 0 Å². The van der Waals surface area contributed by atoms with Crippen molar-refractivity contribution in [1.82, 2.24) is 10.3 Å². The molecule has 1 aromatic heterocycles. The van der Waals surface area contributed by atoms with Gasteiger partial charge in [0.15, 0.2) is 0 Å². The maximum atomic E-state index is 11.6. The summed E-state index contributed by atoms with van der Waals surface area (Å²) in [5, 5.41) is 11.5. The van der Waals surface area contributed by atoms with Crippen LogP contribution >= 0.6 is 11.8 Å². The highest BCUT2D eigenvalue weighted by Gasteiger charge is 2.23. The molecule has 7 heteroatoms. The van der Waals surface area contributed by atoms with Crippen molar-refractivity contribution in [3.63, 3.8) is 0 Å². The van der Waals surface area contributed by atoms with Crippen LogP contribution in [0.15, 0.2) is 18.3 Å². The standard InChI is InChI=1S/C15H22N2O4S/c1-10-6-5-7-16-11(10)8-22-9-12(13(18)19)17-14(20)21-15(2,3)4/h5-7,12H,8-9H2,1-4H3,(H,17,20)(H,18,19). The third-order valence-corrected chi connectivity index (χ3v) is 3.68. The minimum absolute atomic E-state index is 0.241. The highest BCUT2D eigenvalue weighted by molar-refractivity contribution is 7.98. The number of aryl methyl sites for hydroxylation is 1. The second kappa shape index (κ2) is 8.03. The van der Waals surface area contributed by atoms with Gasteiger partial charge in [0.1, 0.15) is 11.6 Å². The van der Waals surface area contributed by atoms with Crippen molar-refractivity contribution in [2.24, 2.45) is 0 Å². The van der Waals surface area contributed by atoms with Crippen molar-refractivity contribution in [3.05, 3.63) is 29.6 Å². The van der Waals surface area contributed by atoms with Gasteiger partial charge in [-0.3, -0.25) is 4.98 Å². The molecule has 0 aromatic carbocycles. The summed E-state index contributed by atoms with van der Waals surface area (Å²) in [6, 6.07) is 2.81. The highest BCUT2D eigenvalue weighted by atomic mass is 32.2. The number of amides is 1. The van der Waals surface area contributed by atoms with E-state index in [1.165, 1.54) is 11.8 Å². The smallest absolute Gasteiger partial charge is 0.408 e. The van der Waals surface area contributed by atoms with E-state index in [9.17, 15) is 14.7 Å². The monoisotopic (exact) mass is 326 g/mol. The van der Waals surface area contributed by atoms with Gasteiger partial charge in [-0.05, 0) is 39.3 Å². The van der Waals surface area contributed by atoms with E-state index in [0.29, 0.717) is 5.75 Å². The fraction of sp³-hybridized carbons (Fsp3) is 0.533. The minimum atomic E-state index is -1.09. The van der Waals surface area contributed by atoms with Crippen molar-refractivity contribution in [1.29, 1.82) is 0 Å². The number of rotatable bonds is 6. The highest BCUT2D eigenvalue weighted by Crippen LogP contribution is 2.15. The van der Waals surface area contributed by atoms with Gasteiger partial charge in [0.2, 0.25) is 0 Å². The third-order valence-electron chi connectivity index (χ3n) is 2.63. The summed E-state index contributed by atoms with van der Waals surface area (Å²) >= 11 is 1.40. The van der Waals surface area contributed by atoms with Crippen LogP contribution in [-0.2, 0) is 15.3 Å². The van der Waals surface area contributed by atoms with Crippen molar-refractivity contribution >= 4 is 23.8 Å². The van der Waals surface area contributed by atoms with E-state index in [2.05, 4.69) is 10.3 Å². The van der Waals surface area contributed by atoms with Crippen LogP contribution in [-0.4, -0.2) is 39.5 Å². The van der Waals surface area contributed by atoms with Gasteiger partial charge in [-0.1, -0.05) is 6.07 Å². The molecule has 0 aliphatic rings. The summed E-state index contributed by atoms with van der Waals surface area (Å²) in [5.74, 6) is -0.257. The van der Waals surface area contributed by atoms with Crippen LogP contribution in [0.1, 0.15) is 32.0 Å². The second-order valence-electron chi connectivity index (χ2n) is 5.82. The Morgan fingerprint density at radius 2 is 2.14 bits per heavy atom. The molecular formula is C15H22N2O4S. The van der Waals surface area contributed by atoms with Crippen molar-refractivity contribution in [2.45, 2.75) is 45.1 Å². The number of nitrogens with one attached hydrogen (secondary N) is 1. The summed E-state index contributed by atoms with van der Waals surface area (Å²) < 4.78 is 5.07. The maximum absolute atomic E-state index is 11.6. The number of carboxylic acids is 1. The SMILES string of the molecule is Cc1cccnc1CSCC(NC(=O)OC(C)(C)C)C(=O)O. The number of thioether (sulfide) groups is 1. The van der Waals surface area contributed by atoms with Gasteiger partial charge >= 0.3 is 12.1 Å². The Morgan fingerprint density at radius 1 is 1.45 bits per heavy atom. The molecular weight excluding hydrogens is 304 g/mol. The first-order valence-electron chi connectivity index (χ1n) is 6.89. The number of aromatic nitrogens is 1. The van der Waals surface area contributed by atoms with Crippen molar-refractivity contribution in [2.75, 3.05) is 5.75 Å². The van der Waals surface area contributed by atoms with Crippen molar-refractivity contribution < 1.29 is 19.4 Å². The van der Waals surface area contributed by atoms with E-state index < -0.39 is 23.7 Å². The van der Waals surface area contributed by atoms with Gasteiger partial charge in [-0.15, -0.1) is 0 Å². The lowest BCUT2D eigenvalue weighted by atomic mass is 10.2. The number of ether oxygens (including phenoxy) is 1. The summed E-state index contributed by atoms with van der Waals surface area (Å²) in [5.41, 5.74) is 1.31. The Morgan fingerprint density at radius 3 is 2.68 bits per heavy atom. The molecule has 0 aliphatic carbocycles. The fourth-order valence-electron chi connectivity index (χ4n) is 1.57. The number of carbonyl (C=O) groups is 2. The normalized spacial score (nSPS) is 12.5. The van der Waals surface area contributed by atoms with Gasteiger partial charge in [-0.25, -0.2) is 9.59 Å². The number of nitrogens with zero attached hydrogens (tertiary/aromatic N) is 1. The molecule has 0 fully saturated rings. The largest absolute Gasteiger partial charge is 0.480 e. The lowest BCUT2D eigenvalue weighted by molar-refractivity contribution is -0.138. The molecule has 0 aliphatic heterocycles. The van der Waals surface area contributed by atoms with E-state index in [1.807, 2.05) is 19.1 Å². The number of alkyl carbamates (subject to hydrolysis) is 1. The first-order valence-corrected chi connectivity index (χ1v) is 8.05. The van der Waals surface area contributed by atoms with Crippen LogP contribution in [0.25, 0.3) is 0 Å². The van der Waals surface area contributed by atoms with E-state index in [0.717, 1.165) is 11.3 Å². The average Bonchev–Trinajstić information content (AvgIpc) is 2.37. The van der Waals surface area contributed by atoms with Crippen molar-refractivity contribution in [3.8, 4) is 0 Å². The van der Waals surface area contributed by atoms with E-state index in [-0.39, 0.29) is 5.75 Å². The zero-order valence-electron chi connectivity index (χ0n) is 13.3. The van der Waals surface area contributed by atoms with Gasteiger partial charge in [0.25, 0.3) is 0 Å². The van der Waals surface area contributed by atoms with Gasteiger partial charge in [0, 0.05) is 17.7 Å². The number of pyridine rings is 1. The quantitative estimate of drug-likeness (QED) is 0.835. The zero-order valence-corrected chi connectivity index (χ0v) is 14.1. The Balaban J connectivity index is 2.50. The fourth-order valence-corrected chi connectivity index (χ4v) is 2.64. The molecule has 1 aromatic rings. The zero-order chi connectivity index (χ0) is 16.8. The Hall–Kier alpha value is -1.76. The topological polar surface area (TPSA) is 88.5 Å². The second-order valence-corrected chi connectivity index (χ2v) is 6.85. The number of hydrogen-bond donors (Lipinski definition) is 2. The molecule has 1 heterocycles. The Kier molecular flexibility index (Phi) is 6.67. The molecule has 0 radical (unpaired) electrons. The third kappa shape index (κ3) is 6.80. The molecule has 6 nitrogen and oxygen atoms in total. The van der Waals surface area contributed by atoms with Crippen LogP contribution in [0, 0.1) is 6.92 Å². The van der Waals surface area contributed by atoms with Crippen LogP contribution in [0.4, 0.5) is 4.79 Å². The molecule has 1 unspecified atom stereocenters. The molecule has 22 heavy (non-hydrogen) atoms. The molecule has 2 N–H and O–H groups in total. The first kappa shape index (κ1) is 18.3. The number of aliphatic carboxylic acids is 1. The predicted octanol–water partition coefficient (Wildman–Crippen LogP) is 2.60. The lowest BCUT2D eigenvalue weighted by Crippen LogP contribution is -2.44. The van der Waals surface area contributed by atoms with E-state index in [1.54, 1.807) is 27.0 Å². The maximum Gasteiger partial charge on any atom is 0.408 e. The number of carbonyl (C=O) groups excluding carboxylic acids is 1. The summed E-state index contributed by atoms with van der Waals surface area (Å²) in [7, 11) is 0. The number of carboxylic acid groups (broad SMARTS) is 1. The lowest BCUT2D eigenvalue weighted by Gasteiger charge is -2.21. The first-order chi connectivity index (χ1) is 10.2. The molecule has 1 rings (SSSR count). The average molecular weight is 326 g/mol. The van der Waals surface area contributed by atoms with E-state index in [4.69, 9.17) is 4.74 Å². The number of hydrogen-bond acceptors (Lipinski definition) is 5. The summed E-state index contributed by atoms with van der Waals surface area (Å²) in [4.78, 5) is 27.1. The Bertz CT molecular complexity index is 529.